The number of benzene rings is 1. The smallest absolute Gasteiger partial charge is 0.232 e. The first-order valence-corrected chi connectivity index (χ1v) is 6.64. The summed E-state index contributed by atoms with van der Waals surface area (Å²) in [5.41, 5.74) is 7.42. The number of hydrogen-bond donors (Lipinski definition) is 3. The predicted molar refractivity (Wildman–Crippen MR) is 82.3 cm³/mol. The lowest BCUT2D eigenvalue weighted by Gasteiger charge is -2.17. The largest absolute Gasteiger partial charge is 0.368 e. The van der Waals surface area contributed by atoms with Crippen LogP contribution < -0.4 is 11.1 Å². The summed E-state index contributed by atoms with van der Waals surface area (Å²) in [7, 11) is 0. The van der Waals surface area contributed by atoms with E-state index in [-0.39, 0.29) is 11.4 Å². The van der Waals surface area contributed by atoms with Gasteiger partial charge in [0.1, 0.15) is 5.82 Å². The van der Waals surface area contributed by atoms with Gasteiger partial charge in [-0.15, -0.1) is 0 Å². The molecule has 4 N–H and O–H groups in total. The van der Waals surface area contributed by atoms with Gasteiger partial charge in [-0.25, -0.2) is 0 Å². The van der Waals surface area contributed by atoms with Crippen LogP contribution >= 0.6 is 0 Å². The molecule has 21 heavy (non-hydrogen) atoms. The van der Waals surface area contributed by atoms with E-state index in [1.807, 2.05) is 39.0 Å². The fourth-order valence-corrected chi connectivity index (χ4v) is 1.93. The first kappa shape index (κ1) is 13.3. The molecular formula is C14H17N7. The first-order valence-electron chi connectivity index (χ1n) is 6.64. The molecule has 2 aromatic heterocycles. The van der Waals surface area contributed by atoms with Crippen LogP contribution in [0.25, 0.3) is 10.9 Å². The summed E-state index contributed by atoms with van der Waals surface area (Å²) in [5, 5.41) is 11.1. The van der Waals surface area contributed by atoms with Crippen molar-refractivity contribution in [3.8, 4) is 0 Å². The Balaban J connectivity index is 1.95. The minimum absolute atomic E-state index is 0.192. The normalized spacial score (nSPS) is 11.8. The lowest BCUT2D eigenvalue weighted by Crippen LogP contribution is -2.19. The number of aromatic amines is 1. The Morgan fingerprint density at radius 1 is 1.14 bits per heavy atom. The molecule has 0 saturated carbocycles. The summed E-state index contributed by atoms with van der Waals surface area (Å²) >= 11 is 0. The quantitative estimate of drug-likeness (QED) is 0.666. The average molecular weight is 283 g/mol. The number of hydrogen-bond acceptors (Lipinski definition) is 6. The van der Waals surface area contributed by atoms with E-state index in [4.69, 9.17) is 5.73 Å². The number of nitrogens with one attached hydrogen (secondary N) is 2. The summed E-state index contributed by atoms with van der Waals surface area (Å²) in [6.45, 7) is 6.09. The fraction of sp³-hybridized carbons (Fsp3) is 0.286. The van der Waals surface area contributed by atoms with Crippen molar-refractivity contribution >= 4 is 28.5 Å². The molecule has 7 nitrogen and oxygen atoms in total. The number of aromatic nitrogens is 5. The zero-order valence-corrected chi connectivity index (χ0v) is 12.2. The summed E-state index contributed by atoms with van der Waals surface area (Å²) in [4.78, 5) is 12.8. The second kappa shape index (κ2) is 4.69. The summed E-state index contributed by atoms with van der Waals surface area (Å²) < 4.78 is 0. The van der Waals surface area contributed by atoms with E-state index < -0.39 is 0 Å². The highest BCUT2D eigenvalue weighted by atomic mass is 15.2. The zero-order valence-electron chi connectivity index (χ0n) is 12.2. The molecule has 2 heterocycles. The minimum atomic E-state index is -0.192. The molecule has 1 aromatic carbocycles. The molecule has 0 amide bonds. The molecule has 0 unspecified atom stereocenters. The molecule has 7 heteroatoms. The van der Waals surface area contributed by atoms with Gasteiger partial charge in [-0.05, 0) is 18.2 Å². The Labute approximate surface area is 122 Å². The third-order valence-electron chi connectivity index (χ3n) is 3.02. The van der Waals surface area contributed by atoms with Gasteiger partial charge in [0.05, 0.1) is 11.7 Å². The topological polar surface area (TPSA) is 105 Å². The second-order valence-corrected chi connectivity index (χ2v) is 5.89. The van der Waals surface area contributed by atoms with Gasteiger partial charge in [0.25, 0.3) is 0 Å². The van der Waals surface area contributed by atoms with Gasteiger partial charge in [-0.1, -0.05) is 20.8 Å². The summed E-state index contributed by atoms with van der Waals surface area (Å²) in [6.07, 6.45) is 1.77. The Kier molecular flexibility index (Phi) is 2.97. The van der Waals surface area contributed by atoms with Crippen molar-refractivity contribution in [1.29, 1.82) is 0 Å². The molecule has 0 aliphatic heterocycles. The maximum Gasteiger partial charge on any atom is 0.232 e. The van der Waals surface area contributed by atoms with Crippen molar-refractivity contribution in [3.05, 3.63) is 30.2 Å². The molecule has 0 saturated heterocycles. The van der Waals surface area contributed by atoms with E-state index in [1.165, 1.54) is 0 Å². The molecule has 0 aliphatic rings. The van der Waals surface area contributed by atoms with Crippen LogP contribution in [0.4, 0.5) is 17.6 Å². The van der Waals surface area contributed by atoms with E-state index in [1.54, 1.807) is 6.20 Å². The highest BCUT2D eigenvalue weighted by molar-refractivity contribution is 5.82. The Morgan fingerprint density at radius 2 is 1.95 bits per heavy atom. The van der Waals surface area contributed by atoms with Gasteiger partial charge in [0.2, 0.25) is 11.9 Å². The molecule has 3 rings (SSSR count). The monoisotopic (exact) mass is 283 g/mol. The maximum absolute atomic E-state index is 5.77. The van der Waals surface area contributed by atoms with Crippen molar-refractivity contribution < 1.29 is 0 Å². The van der Waals surface area contributed by atoms with Crippen molar-refractivity contribution in [2.75, 3.05) is 11.1 Å². The average Bonchev–Trinajstić information content (AvgIpc) is 2.84. The molecular weight excluding hydrogens is 266 g/mol. The van der Waals surface area contributed by atoms with Crippen LogP contribution in [0.15, 0.2) is 24.4 Å². The second-order valence-electron chi connectivity index (χ2n) is 5.89. The lowest BCUT2D eigenvalue weighted by atomic mass is 9.96. The van der Waals surface area contributed by atoms with Gasteiger partial charge in [0, 0.05) is 16.5 Å². The Morgan fingerprint density at radius 3 is 2.71 bits per heavy atom. The number of nitrogens with zero attached hydrogens (tertiary/aromatic N) is 4. The lowest BCUT2D eigenvalue weighted by molar-refractivity contribution is 0.544. The number of nitrogen functional groups attached to an aromatic ring is 1. The van der Waals surface area contributed by atoms with Crippen molar-refractivity contribution in [3.63, 3.8) is 0 Å². The molecule has 108 valence electrons. The summed E-state index contributed by atoms with van der Waals surface area (Å²) in [5.74, 6) is 1.30. The van der Waals surface area contributed by atoms with Crippen molar-refractivity contribution in [2.24, 2.45) is 0 Å². The number of nitrogens with two attached hydrogens (primary N) is 1. The van der Waals surface area contributed by atoms with Gasteiger partial charge < -0.3 is 11.1 Å². The fourth-order valence-electron chi connectivity index (χ4n) is 1.93. The highest BCUT2D eigenvalue weighted by Gasteiger charge is 2.19. The van der Waals surface area contributed by atoms with Crippen LogP contribution in [-0.2, 0) is 5.41 Å². The molecule has 0 atom stereocenters. The maximum atomic E-state index is 5.77. The number of rotatable bonds is 2. The zero-order chi connectivity index (χ0) is 15.0. The Bertz CT molecular complexity index is 785. The number of H-pyrrole nitrogens is 1. The molecule has 0 bridgehead atoms. The highest BCUT2D eigenvalue weighted by Crippen LogP contribution is 2.22. The third kappa shape index (κ3) is 2.76. The molecule has 3 aromatic rings. The van der Waals surface area contributed by atoms with Gasteiger partial charge >= 0.3 is 0 Å². The molecule has 0 aliphatic carbocycles. The third-order valence-corrected chi connectivity index (χ3v) is 3.02. The van der Waals surface area contributed by atoms with Crippen molar-refractivity contribution in [1.82, 2.24) is 25.1 Å². The van der Waals surface area contributed by atoms with Crippen LogP contribution in [0, 0.1) is 0 Å². The van der Waals surface area contributed by atoms with E-state index in [0.717, 1.165) is 16.6 Å². The van der Waals surface area contributed by atoms with Crippen molar-refractivity contribution in [2.45, 2.75) is 26.2 Å². The van der Waals surface area contributed by atoms with Crippen LogP contribution in [0.2, 0.25) is 0 Å². The number of fused-ring (bicyclic) bond motifs is 1. The minimum Gasteiger partial charge on any atom is -0.368 e. The van der Waals surface area contributed by atoms with Crippen LogP contribution in [0.1, 0.15) is 26.6 Å². The standard InChI is InChI=1S/C14H17N7/c1-14(2,3)11-18-12(15)20-13(19-11)17-9-4-5-10-8(6-9)7-16-21-10/h4-7H,1-3H3,(H,16,21)(H3,15,17,18,19,20). The first-order chi connectivity index (χ1) is 9.91. The SMILES string of the molecule is CC(C)(C)c1nc(N)nc(Nc2ccc3[nH]ncc3c2)n1. The van der Waals surface area contributed by atoms with E-state index in [9.17, 15) is 0 Å². The predicted octanol–water partition coefficient (Wildman–Crippen LogP) is 2.37. The van der Waals surface area contributed by atoms with Crippen LogP contribution in [-0.4, -0.2) is 25.1 Å². The van der Waals surface area contributed by atoms with E-state index in [2.05, 4.69) is 30.5 Å². The number of anilines is 3. The van der Waals surface area contributed by atoms with Gasteiger partial charge in [-0.3, -0.25) is 5.10 Å². The molecule has 0 spiro atoms. The Hall–Kier alpha value is -2.70. The van der Waals surface area contributed by atoms with Gasteiger partial charge in [0.15, 0.2) is 0 Å². The van der Waals surface area contributed by atoms with Gasteiger partial charge in [-0.2, -0.15) is 20.1 Å². The van der Waals surface area contributed by atoms with Crippen LogP contribution in [0.5, 0.6) is 0 Å². The van der Waals surface area contributed by atoms with E-state index in [0.29, 0.717) is 11.8 Å². The molecule has 0 fully saturated rings. The summed E-state index contributed by atoms with van der Waals surface area (Å²) in [6, 6.07) is 5.84. The molecule has 0 radical (unpaired) electrons. The van der Waals surface area contributed by atoms with E-state index >= 15 is 0 Å². The van der Waals surface area contributed by atoms with Crippen LogP contribution in [0.3, 0.4) is 0 Å².